The zero-order chi connectivity index (χ0) is 13.9. The highest BCUT2D eigenvalue weighted by Crippen LogP contribution is 2.22. The van der Waals surface area contributed by atoms with Crippen molar-refractivity contribution in [2.45, 2.75) is 13.5 Å². The van der Waals surface area contributed by atoms with Crippen molar-refractivity contribution in [1.82, 2.24) is 20.3 Å². The quantitative estimate of drug-likeness (QED) is 0.798. The van der Waals surface area contributed by atoms with E-state index in [4.69, 9.17) is 0 Å². The molecule has 0 saturated heterocycles. The Balaban J connectivity index is 2.00. The van der Waals surface area contributed by atoms with Crippen molar-refractivity contribution in [3.63, 3.8) is 0 Å². The van der Waals surface area contributed by atoms with Crippen LogP contribution < -0.4 is 5.32 Å². The Hall–Kier alpha value is -1.72. The van der Waals surface area contributed by atoms with Crippen LogP contribution in [-0.2, 0) is 6.54 Å². The van der Waals surface area contributed by atoms with Crippen LogP contribution in [0.25, 0.3) is 16.7 Å². The van der Waals surface area contributed by atoms with Crippen LogP contribution in [-0.4, -0.2) is 21.5 Å². The first kappa shape index (κ1) is 13.3. The lowest BCUT2D eigenvalue weighted by atomic mass is 10.2. The number of benzene rings is 2. The van der Waals surface area contributed by atoms with E-state index in [1.807, 2.05) is 28.9 Å². The molecule has 0 aliphatic rings. The van der Waals surface area contributed by atoms with Crippen LogP contribution in [0.15, 0.2) is 46.9 Å². The van der Waals surface area contributed by atoms with Gasteiger partial charge < -0.3 is 5.32 Å². The van der Waals surface area contributed by atoms with Gasteiger partial charge in [-0.3, -0.25) is 0 Å². The number of rotatable bonds is 4. The SMILES string of the molecule is CCNCc1ccc(-n2nnc3ccccc32)cc1Br. The number of aromatic nitrogens is 3. The van der Waals surface area contributed by atoms with E-state index in [-0.39, 0.29) is 0 Å². The second-order valence-electron chi connectivity index (χ2n) is 4.55. The molecule has 3 rings (SSSR count). The van der Waals surface area contributed by atoms with Gasteiger partial charge in [-0.15, -0.1) is 5.10 Å². The first-order valence-corrected chi connectivity index (χ1v) is 7.39. The molecule has 0 atom stereocenters. The molecule has 1 aromatic heterocycles. The maximum absolute atomic E-state index is 4.23. The predicted molar refractivity (Wildman–Crippen MR) is 83.9 cm³/mol. The fourth-order valence-corrected chi connectivity index (χ4v) is 2.64. The van der Waals surface area contributed by atoms with Crippen molar-refractivity contribution in [3.05, 3.63) is 52.5 Å². The summed E-state index contributed by atoms with van der Waals surface area (Å²) in [6, 6.07) is 14.2. The van der Waals surface area contributed by atoms with E-state index in [2.05, 4.69) is 56.7 Å². The summed E-state index contributed by atoms with van der Waals surface area (Å²) in [6.45, 7) is 3.92. The molecule has 4 nitrogen and oxygen atoms in total. The summed E-state index contributed by atoms with van der Waals surface area (Å²) in [5.74, 6) is 0. The molecule has 0 aliphatic carbocycles. The van der Waals surface area contributed by atoms with E-state index < -0.39 is 0 Å². The molecule has 0 radical (unpaired) electrons. The van der Waals surface area contributed by atoms with Gasteiger partial charge in [-0.05, 0) is 36.4 Å². The lowest BCUT2D eigenvalue weighted by Gasteiger charge is -2.08. The van der Waals surface area contributed by atoms with Gasteiger partial charge in [0.2, 0.25) is 0 Å². The molecule has 2 aromatic carbocycles. The average molecular weight is 331 g/mol. The number of nitrogens with one attached hydrogen (secondary N) is 1. The Bertz CT molecular complexity index is 736. The molecule has 0 saturated carbocycles. The van der Waals surface area contributed by atoms with Crippen LogP contribution in [0.5, 0.6) is 0 Å². The van der Waals surface area contributed by atoms with Crippen LogP contribution >= 0.6 is 15.9 Å². The number of halogens is 1. The predicted octanol–water partition coefficient (Wildman–Crippen LogP) is 3.29. The summed E-state index contributed by atoms with van der Waals surface area (Å²) in [4.78, 5) is 0. The van der Waals surface area contributed by atoms with E-state index in [9.17, 15) is 0 Å². The molecule has 1 heterocycles. The van der Waals surface area contributed by atoms with E-state index in [1.165, 1.54) is 5.56 Å². The van der Waals surface area contributed by atoms with Gasteiger partial charge in [0.25, 0.3) is 0 Å². The molecular weight excluding hydrogens is 316 g/mol. The van der Waals surface area contributed by atoms with Crippen molar-refractivity contribution in [1.29, 1.82) is 0 Å². The molecule has 5 heteroatoms. The highest BCUT2D eigenvalue weighted by Gasteiger charge is 2.07. The molecule has 0 amide bonds. The van der Waals surface area contributed by atoms with Crippen LogP contribution in [0, 0.1) is 0 Å². The number of nitrogens with zero attached hydrogens (tertiary/aromatic N) is 3. The highest BCUT2D eigenvalue weighted by atomic mass is 79.9. The lowest BCUT2D eigenvalue weighted by molar-refractivity contribution is 0.724. The third-order valence-corrected chi connectivity index (χ3v) is 3.94. The van der Waals surface area contributed by atoms with Crippen molar-refractivity contribution in [2.24, 2.45) is 0 Å². The Kier molecular flexibility index (Phi) is 3.80. The minimum absolute atomic E-state index is 0.857. The van der Waals surface area contributed by atoms with Gasteiger partial charge in [-0.2, -0.15) is 0 Å². The lowest BCUT2D eigenvalue weighted by Crippen LogP contribution is -2.12. The largest absolute Gasteiger partial charge is 0.313 e. The summed E-state index contributed by atoms with van der Waals surface area (Å²) >= 11 is 3.63. The van der Waals surface area contributed by atoms with Gasteiger partial charge in [0.1, 0.15) is 5.52 Å². The monoisotopic (exact) mass is 330 g/mol. The maximum Gasteiger partial charge on any atom is 0.113 e. The molecule has 1 N–H and O–H groups in total. The third-order valence-electron chi connectivity index (χ3n) is 3.20. The van der Waals surface area contributed by atoms with Gasteiger partial charge in [-0.1, -0.05) is 46.3 Å². The van der Waals surface area contributed by atoms with Crippen LogP contribution in [0.4, 0.5) is 0 Å². The van der Waals surface area contributed by atoms with E-state index in [1.54, 1.807) is 0 Å². The fraction of sp³-hybridized carbons (Fsp3) is 0.200. The number of hydrogen-bond acceptors (Lipinski definition) is 3. The van der Waals surface area contributed by atoms with E-state index in [0.717, 1.165) is 34.3 Å². The van der Waals surface area contributed by atoms with E-state index in [0.29, 0.717) is 0 Å². The van der Waals surface area contributed by atoms with Gasteiger partial charge in [-0.25, -0.2) is 4.68 Å². The van der Waals surface area contributed by atoms with Gasteiger partial charge in [0.05, 0.1) is 11.2 Å². The second-order valence-corrected chi connectivity index (χ2v) is 5.40. The Morgan fingerprint density at radius 3 is 2.85 bits per heavy atom. The van der Waals surface area contributed by atoms with Crippen molar-refractivity contribution >= 4 is 27.0 Å². The molecule has 0 unspecified atom stereocenters. The summed E-state index contributed by atoms with van der Waals surface area (Å²) in [5, 5.41) is 11.7. The molecule has 0 fully saturated rings. The number of hydrogen-bond donors (Lipinski definition) is 1. The zero-order valence-electron chi connectivity index (χ0n) is 11.2. The molecule has 20 heavy (non-hydrogen) atoms. The van der Waals surface area contributed by atoms with Gasteiger partial charge in [0.15, 0.2) is 0 Å². The van der Waals surface area contributed by atoms with Crippen LogP contribution in [0.1, 0.15) is 12.5 Å². The molecule has 0 aliphatic heterocycles. The first-order valence-electron chi connectivity index (χ1n) is 6.59. The number of para-hydroxylation sites is 1. The second kappa shape index (κ2) is 5.73. The third kappa shape index (κ3) is 2.46. The Morgan fingerprint density at radius 2 is 2.05 bits per heavy atom. The summed E-state index contributed by atoms with van der Waals surface area (Å²) in [5.41, 5.74) is 4.16. The number of fused-ring (bicyclic) bond motifs is 1. The van der Waals surface area contributed by atoms with E-state index >= 15 is 0 Å². The highest BCUT2D eigenvalue weighted by molar-refractivity contribution is 9.10. The Morgan fingerprint density at radius 1 is 1.20 bits per heavy atom. The van der Waals surface area contributed by atoms with Crippen LogP contribution in [0.2, 0.25) is 0 Å². The maximum atomic E-state index is 4.23. The molecule has 102 valence electrons. The minimum Gasteiger partial charge on any atom is -0.313 e. The molecule has 0 bridgehead atoms. The standard InChI is InChI=1S/C15H15BrN4/c1-2-17-10-11-7-8-12(9-13(11)16)20-15-6-4-3-5-14(15)18-19-20/h3-9,17H,2,10H2,1H3. The summed E-state index contributed by atoms with van der Waals surface area (Å²) < 4.78 is 2.94. The minimum atomic E-state index is 0.857. The Labute approximate surface area is 125 Å². The van der Waals surface area contributed by atoms with Crippen molar-refractivity contribution in [3.8, 4) is 5.69 Å². The molecule has 3 aromatic rings. The molecule has 0 spiro atoms. The topological polar surface area (TPSA) is 42.7 Å². The molecular formula is C15H15BrN4. The van der Waals surface area contributed by atoms with Gasteiger partial charge in [0, 0.05) is 11.0 Å². The fourth-order valence-electron chi connectivity index (χ4n) is 2.13. The normalized spacial score (nSPS) is 11.1. The summed E-state index contributed by atoms with van der Waals surface area (Å²) in [7, 11) is 0. The van der Waals surface area contributed by atoms with Crippen molar-refractivity contribution in [2.75, 3.05) is 6.54 Å². The summed E-state index contributed by atoms with van der Waals surface area (Å²) in [6.07, 6.45) is 0. The van der Waals surface area contributed by atoms with Crippen LogP contribution in [0.3, 0.4) is 0 Å². The van der Waals surface area contributed by atoms with Crippen molar-refractivity contribution < 1.29 is 0 Å². The zero-order valence-corrected chi connectivity index (χ0v) is 12.8. The van der Waals surface area contributed by atoms with Gasteiger partial charge >= 0.3 is 0 Å². The first-order chi connectivity index (χ1) is 9.79. The average Bonchev–Trinajstić information content (AvgIpc) is 2.90. The smallest absolute Gasteiger partial charge is 0.113 e.